The highest BCUT2D eigenvalue weighted by Crippen LogP contribution is 2.35. The number of para-hydroxylation sites is 1. The van der Waals surface area contributed by atoms with Gasteiger partial charge < -0.3 is 15.4 Å². The van der Waals surface area contributed by atoms with Gasteiger partial charge in [0.2, 0.25) is 0 Å². The second-order valence-corrected chi connectivity index (χ2v) is 6.13. The summed E-state index contributed by atoms with van der Waals surface area (Å²) in [4.78, 5) is 11.0. The molecule has 2 N–H and O–H groups in total. The van der Waals surface area contributed by atoms with Crippen molar-refractivity contribution in [3.8, 4) is 5.75 Å². The van der Waals surface area contributed by atoms with Crippen LogP contribution in [0.15, 0.2) is 36.7 Å². The van der Waals surface area contributed by atoms with Crippen molar-refractivity contribution in [1.82, 2.24) is 9.97 Å². The molecule has 0 aliphatic heterocycles. The van der Waals surface area contributed by atoms with Crippen LogP contribution in [0.5, 0.6) is 5.75 Å². The molecule has 1 heterocycles. The van der Waals surface area contributed by atoms with Gasteiger partial charge in [0.15, 0.2) is 0 Å². The monoisotopic (exact) mass is 384 g/mol. The lowest BCUT2D eigenvalue weighted by Gasteiger charge is -2.32. The average Bonchev–Trinajstić information content (AvgIpc) is 2.54. The maximum atomic E-state index is 5.88. The Morgan fingerprint density at radius 3 is 2.60 bits per heavy atom. The molecule has 2 aromatic rings. The van der Waals surface area contributed by atoms with Gasteiger partial charge >= 0.3 is 0 Å². The molecule has 1 saturated carbocycles. The molecular weight excluding hydrogens is 359 g/mol. The molecule has 0 bridgehead atoms. The summed E-state index contributed by atoms with van der Waals surface area (Å²) >= 11 is 0. The average molecular weight is 385 g/mol. The number of nitrogens with zero attached hydrogens (tertiary/aromatic N) is 3. The molecule has 25 heavy (non-hydrogen) atoms. The van der Waals surface area contributed by atoms with Gasteiger partial charge in [0.1, 0.15) is 17.9 Å². The van der Waals surface area contributed by atoms with E-state index in [4.69, 9.17) is 10.5 Å². The minimum atomic E-state index is 0. The van der Waals surface area contributed by atoms with Crippen molar-refractivity contribution in [2.45, 2.75) is 38.3 Å². The molecule has 1 aliphatic rings. The standard InChI is InChI=1S/C18H24N4O.2ClH/c1-3-23-17-7-5-4-6-13(17)11-22(2)18-10-16(20-12-21-18)14-8-15(19)9-14;;/h4-7,10,12,14-15H,3,8-9,11,19H2,1-2H3;2*1H. The van der Waals surface area contributed by atoms with E-state index < -0.39 is 0 Å². The summed E-state index contributed by atoms with van der Waals surface area (Å²) in [6.45, 7) is 3.41. The van der Waals surface area contributed by atoms with Crippen molar-refractivity contribution in [3.63, 3.8) is 0 Å². The molecule has 1 aromatic carbocycles. The lowest BCUT2D eigenvalue weighted by Crippen LogP contribution is -2.35. The maximum absolute atomic E-state index is 5.88. The maximum Gasteiger partial charge on any atom is 0.132 e. The van der Waals surface area contributed by atoms with Crippen LogP contribution in [0.25, 0.3) is 0 Å². The Kier molecular flexibility index (Phi) is 8.42. The summed E-state index contributed by atoms with van der Waals surface area (Å²) < 4.78 is 5.70. The highest BCUT2D eigenvalue weighted by molar-refractivity contribution is 5.85. The largest absolute Gasteiger partial charge is 0.494 e. The van der Waals surface area contributed by atoms with Crippen molar-refractivity contribution in [3.05, 3.63) is 47.9 Å². The Bertz CT molecular complexity index is 665. The topological polar surface area (TPSA) is 64.3 Å². The fourth-order valence-corrected chi connectivity index (χ4v) is 2.96. The first kappa shape index (κ1) is 21.5. The zero-order valence-corrected chi connectivity index (χ0v) is 16.2. The third-order valence-corrected chi connectivity index (χ3v) is 4.34. The molecule has 0 amide bonds. The summed E-state index contributed by atoms with van der Waals surface area (Å²) in [5.41, 5.74) is 8.14. The van der Waals surface area contributed by atoms with Gasteiger partial charge in [-0.25, -0.2) is 9.97 Å². The molecule has 1 aliphatic carbocycles. The van der Waals surface area contributed by atoms with Crippen molar-refractivity contribution in [1.29, 1.82) is 0 Å². The zero-order chi connectivity index (χ0) is 16.2. The van der Waals surface area contributed by atoms with E-state index in [0.717, 1.165) is 42.2 Å². The predicted octanol–water partition coefficient (Wildman–Crippen LogP) is 3.56. The molecule has 0 saturated heterocycles. The molecule has 0 radical (unpaired) electrons. The summed E-state index contributed by atoms with van der Waals surface area (Å²) in [6.07, 6.45) is 3.69. The van der Waals surface area contributed by atoms with Gasteiger partial charge in [-0.15, -0.1) is 24.8 Å². The number of hydrogen-bond donors (Lipinski definition) is 1. The van der Waals surface area contributed by atoms with Crippen molar-refractivity contribution >= 4 is 30.6 Å². The summed E-state index contributed by atoms with van der Waals surface area (Å²) in [7, 11) is 2.04. The number of rotatable bonds is 6. The molecular formula is C18H26Cl2N4O. The SMILES string of the molecule is CCOc1ccccc1CN(C)c1cc(C2CC(N)C2)ncn1.Cl.Cl. The number of nitrogens with two attached hydrogens (primary N) is 1. The Morgan fingerprint density at radius 2 is 1.92 bits per heavy atom. The highest BCUT2D eigenvalue weighted by atomic mass is 35.5. The van der Waals surface area contributed by atoms with Gasteiger partial charge in [0.25, 0.3) is 0 Å². The Labute approximate surface area is 161 Å². The number of hydrogen-bond acceptors (Lipinski definition) is 5. The number of ether oxygens (including phenoxy) is 1. The molecule has 1 fully saturated rings. The summed E-state index contributed by atoms with van der Waals surface area (Å²) in [6, 6.07) is 10.5. The fraction of sp³-hybridized carbons (Fsp3) is 0.444. The van der Waals surface area contributed by atoms with Gasteiger partial charge in [-0.2, -0.15) is 0 Å². The van der Waals surface area contributed by atoms with E-state index in [1.165, 1.54) is 0 Å². The molecule has 0 unspecified atom stereocenters. The number of benzene rings is 1. The normalized spacial score (nSPS) is 18.4. The van der Waals surface area contributed by atoms with Gasteiger partial charge in [-0.05, 0) is 25.8 Å². The number of aromatic nitrogens is 2. The molecule has 3 rings (SSSR count). The molecule has 7 heteroatoms. The predicted molar refractivity (Wildman–Crippen MR) is 106 cm³/mol. The quantitative estimate of drug-likeness (QED) is 0.824. The molecule has 0 atom stereocenters. The first-order chi connectivity index (χ1) is 11.2. The second kappa shape index (κ2) is 9.80. The van der Waals surface area contributed by atoms with E-state index in [-0.39, 0.29) is 24.8 Å². The van der Waals surface area contributed by atoms with Gasteiger partial charge in [-0.1, -0.05) is 18.2 Å². The van der Waals surface area contributed by atoms with E-state index in [1.807, 2.05) is 32.2 Å². The third kappa shape index (κ3) is 5.21. The van der Waals surface area contributed by atoms with Crippen molar-refractivity contribution in [2.75, 3.05) is 18.6 Å². The van der Waals surface area contributed by atoms with Crippen LogP contribution in [0.4, 0.5) is 5.82 Å². The van der Waals surface area contributed by atoms with E-state index in [0.29, 0.717) is 18.6 Å². The Balaban J connectivity index is 0.00000156. The number of anilines is 1. The van der Waals surface area contributed by atoms with Gasteiger partial charge in [0.05, 0.1) is 6.61 Å². The van der Waals surface area contributed by atoms with Gasteiger partial charge in [0, 0.05) is 42.9 Å². The molecule has 5 nitrogen and oxygen atoms in total. The van der Waals surface area contributed by atoms with Crippen LogP contribution >= 0.6 is 24.8 Å². The Hall–Kier alpha value is -1.56. The van der Waals surface area contributed by atoms with E-state index in [1.54, 1.807) is 6.33 Å². The van der Waals surface area contributed by atoms with Crippen molar-refractivity contribution < 1.29 is 4.74 Å². The lowest BCUT2D eigenvalue weighted by molar-refractivity contribution is 0.336. The lowest BCUT2D eigenvalue weighted by atomic mass is 9.78. The van der Waals surface area contributed by atoms with Crippen LogP contribution in [0.2, 0.25) is 0 Å². The van der Waals surface area contributed by atoms with Crippen LogP contribution in [-0.2, 0) is 6.54 Å². The van der Waals surface area contributed by atoms with E-state index in [2.05, 4.69) is 27.0 Å². The smallest absolute Gasteiger partial charge is 0.132 e. The first-order valence-corrected chi connectivity index (χ1v) is 8.16. The highest BCUT2D eigenvalue weighted by Gasteiger charge is 2.28. The molecule has 0 spiro atoms. The molecule has 138 valence electrons. The number of halogens is 2. The zero-order valence-electron chi connectivity index (χ0n) is 14.6. The summed E-state index contributed by atoms with van der Waals surface area (Å²) in [5.74, 6) is 2.35. The second-order valence-electron chi connectivity index (χ2n) is 6.13. The minimum absolute atomic E-state index is 0. The fourth-order valence-electron chi connectivity index (χ4n) is 2.96. The minimum Gasteiger partial charge on any atom is -0.494 e. The van der Waals surface area contributed by atoms with Crippen LogP contribution in [-0.4, -0.2) is 29.7 Å². The first-order valence-electron chi connectivity index (χ1n) is 8.16. The van der Waals surface area contributed by atoms with Gasteiger partial charge in [-0.3, -0.25) is 0 Å². The van der Waals surface area contributed by atoms with E-state index in [9.17, 15) is 0 Å². The van der Waals surface area contributed by atoms with Crippen LogP contribution in [0.3, 0.4) is 0 Å². The third-order valence-electron chi connectivity index (χ3n) is 4.34. The Morgan fingerprint density at radius 1 is 1.20 bits per heavy atom. The van der Waals surface area contributed by atoms with Crippen LogP contribution in [0, 0.1) is 0 Å². The molecule has 1 aromatic heterocycles. The van der Waals surface area contributed by atoms with E-state index >= 15 is 0 Å². The van der Waals surface area contributed by atoms with Crippen LogP contribution in [0.1, 0.15) is 36.9 Å². The van der Waals surface area contributed by atoms with Crippen molar-refractivity contribution in [2.24, 2.45) is 5.73 Å². The summed E-state index contributed by atoms with van der Waals surface area (Å²) in [5, 5.41) is 0. The van der Waals surface area contributed by atoms with Crippen LogP contribution < -0.4 is 15.4 Å².